The smallest absolute Gasteiger partial charge is 0.348 e. The quantitative estimate of drug-likeness (QED) is 0.411. The first kappa shape index (κ1) is 20.3. The number of hydrogen-bond donors (Lipinski definition) is 0. The molecule has 2 nitrogen and oxygen atoms in total. The number of ether oxygens (including phenoxy) is 1. The number of rotatable bonds is 8. The third-order valence-electron chi connectivity index (χ3n) is 5.08. The Labute approximate surface area is 168 Å². The molecule has 0 N–H and O–H groups in total. The molecule has 3 rings (SSSR count). The lowest BCUT2D eigenvalue weighted by molar-refractivity contribution is -0.142. The minimum absolute atomic E-state index is 0.0887. The number of hydrogen-bond acceptors (Lipinski definition) is 2. The van der Waals surface area contributed by atoms with E-state index in [1.165, 1.54) is 15.9 Å². The third-order valence-corrected chi connectivity index (χ3v) is 9.82. The molecule has 0 aliphatic heterocycles. The molecule has 0 saturated heterocycles. The number of carbonyl (C=O) groups is 1. The summed E-state index contributed by atoms with van der Waals surface area (Å²) in [5.74, 6) is -0.0887. The van der Waals surface area contributed by atoms with E-state index in [-0.39, 0.29) is 11.6 Å². The van der Waals surface area contributed by atoms with E-state index in [4.69, 9.17) is 4.74 Å². The van der Waals surface area contributed by atoms with E-state index >= 15 is 0 Å². The average Bonchev–Trinajstić information content (AvgIpc) is 2.76. The lowest BCUT2D eigenvalue weighted by Gasteiger charge is -2.33. The van der Waals surface area contributed by atoms with Crippen molar-refractivity contribution >= 4 is 29.1 Å². The summed E-state index contributed by atoms with van der Waals surface area (Å²) in [6.45, 7) is 4.42. The molecule has 144 valence electrons. The molecular weight excluding hydrogens is 363 g/mol. The summed E-state index contributed by atoms with van der Waals surface area (Å²) in [7, 11) is -2.24. The fourth-order valence-electron chi connectivity index (χ4n) is 3.96. The molecule has 3 heteroatoms. The largest absolute Gasteiger partial charge is 0.463 e. The Morgan fingerprint density at radius 1 is 0.750 bits per heavy atom. The Bertz CT molecular complexity index is 766. The van der Waals surface area contributed by atoms with Gasteiger partial charge in [0.1, 0.15) is 23.2 Å². The maximum absolute atomic E-state index is 13.3. The van der Waals surface area contributed by atoms with Gasteiger partial charge in [-0.15, -0.1) is 0 Å². The first-order chi connectivity index (χ1) is 13.7. The monoisotopic (exact) mass is 391 g/mol. The Kier molecular flexibility index (Phi) is 7.01. The molecule has 28 heavy (non-hydrogen) atoms. The van der Waals surface area contributed by atoms with E-state index in [2.05, 4.69) is 79.7 Å². The standard InChI is InChI=1S/C25H28O2P/c1-3-14-24(25(26)27-4-2)28(21-15-8-5-9-16-21,22-17-10-6-11-18-22)23-19-12-7-13-20-23/h5-13,15-20,24H,3-4,14H2,1-2H3/q+1. The Morgan fingerprint density at radius 2 is 1.14 bits per heavy atom. The normalized spacial score (nSPS) is 12.4. The molecule has 3 aromatic rings. The van der Waals surface area contributed by atoms with Crippen molar-refractivity contribution in [2.24, 2.45) is 0 Å². The van der Waals surface area contributed by atoms with Gasteiger partial charge >= 0.3 is 5.97 Å². The van der Waals surface area contributed by atoms with E-state index in [1.54, 1.807) is 0 Å². The fourth-order valence-corrected chi connectivity index (χ4v) is 8.90. The summed E-state index contributed by atoms with van der Waals surface area (Å²) in [5, 5.41) is 3.66. The van der Waals surface area contributed by atoms with Gasteiger partial charge in [-0.05, 0) is 49.7 Å². The number of benzene rings is 3. The highest BCUT2D eigenvalue weighted by Gasteiger charge is 2.55. The molecule has 0 aliphatic carbocycles. The molecule has 0 aliphatic rings. The van der Waals surface area contributed by atoms with E-state index in [9.17, 15) is 4.79 Å². The summed E-state index contributed by atoms with van der Waals surface area (Å²) in [6, 6.07) is 31.6. The van der Waals surface area contributed by atoms with Crippen LogP contribution in [-0.2, 0) is 9.53 Å². The van der Waals surface area contributed by atoms with Gasteiger partial charge in [-0.1, -0.05) is 67.9 Å². The molecule has 0 spiro atoms. The van der Waals surface area contributed by atoms with Crippen LogP contribution in [0.2, 0.25) is 0 Å². The Morgan fingerprint density at radius 3 is 1.46 bits per heavy atom. The molecule has 0 heterocycles. The van der Waals surface area contributed by atoms with Crippen LogP contribution >= 0.6 is 7.26 Å². The zero-order chi connectivity index (χ0) is 19.8. The van der Waals surface area contributed by atoms with Gasteiger partial charge in [0.05, 0.1) is 6.61 Å². The minimum atomic E-state index is -2.24. The molecule has 0 bridgehead atoms. The lowest BCUT2D eigenvalue weighted by atomic mass is 10.2. The highest BCUT2D eigenvalue weighted by Crippen LogP contribution is 2.61. The van der Waals surface area contributed by atoms with Crippen LogP contribution in [0.15, 0.2) is 91.0 Å². The first-order valence-corrected chi connectivity index (χ1v) is 11.8. The van der Waals surface area contributed by atoms with Crippen molar-refractivity contribution in [3.05, 3.63) is 91.0 Å². The van der Waals surface area contributed by atoms with Crippen molar-refractivity contribution < 1.29 is 9.53 Å². The van der Waals surface area contributed by atoms with Crippen molar-refractivity contribution in [1.29, 1.82) is 0 Å². The molecule has 1 unspecified atom stereocenters. The van der Waals surface area contributed by atoms with Crippen LogP contribution in [-0.4, -0.2) is 18.2 Å². The zero-order valence-corrected chi connectivity index (χ0v) is 17.5. The third kappa shape index (κ3) is 3.88. The Hall–Kier alpha value is -2.44. The predicted octanol–water partition coefficient (Wildman–Crippen LogP) is 4.71. The first-order valence-electron chi connectivity index (χ1n) is 9.97. The maximum Gasteiger partial charge on any atom is 0.348 e. The van der Waals surface area contributed by atoms with Crippen LogP contribution in [0.25, 0.3) is 0 Å². The molecule has 0 radical (unpaired) electrons. The summed E-state index contributed by atoms with van der Waals surface area (Å²) in [5.41, 5.74) is -0.204. The minimum Gasteiger partial charge on any atom is -0.463 e. The van der Waals surface area contributed by atoms with Crippen LogP contribution in [0.3, 0.4) is 0 Å². The van der Waals surface area contributed by atoms with Crippen LogP contribution in [0.1, 0.15) is 26.7 Å². The van der Waals surface area contributed by atoms with Gasteiger partial charge < -0.3 is 4.74 Å². The van der Waals surface area contributed by atoms with E-state index in [0.29, 0.717) is 6.61 Å². The zero-order valence-electron chi connectivity index (χ0n) is 16.6. The SMILES string of the molecule is CCCC(C(=O)OCC)[P+](c1ccccc1)(c1ccccc1)c1ccccc1. The fraction of sp³-hybridized carbons (Fsp3) is 0.240. The highest BCUT2D eigenvalue weighted by molar-refractivity contribution is 7.96. The number of esters is 1. The second kappa shape index (κ2) is 9.66. The lowest BCUT2D eigenvalue weighted by Crippen LogP contribution is -2.43. The van der Waals surface area contributed by atoms with E-state index in [0.717, 1.165) is 12.8 Å². The second-order valence-electron chi connectivity index (χ2n) is 6.79. The van der Waals surface area contributed by atoms with Gasteiger partial charge in [0, 0.05) is 0 Å². The van der Waals surface area contributed by atoms with Crippen LogP contribution in [0.4, 0.5) is 0 Å². The molecule has 0 aromatic heterocycles. The maximum atomic E-state index is 13.3. The predicted molar refractivity (Wildman–Crippen MR) is 120 cm³/mol. The molecule has 0 fully saturated rings. The molecule has 3 aromatic carbocycles. The van der Waals surface area contributed by atoms with Crippen LogP contribution < -0.4 is 15.9 Å². The Balaban J connectivity index is 2.37. The van der Waals surface area contributed by atoms with Gasteiger partial charge in [0.15, 0.2) is 5.66 Å². The summed E-state index contributed by atoms with van der Waals surface area (Å²) in [4.78, 5) is 13.3. The van der Waals surface area contributed by atoms with Crippen molar-refractivity contribution in [2.75, 3.05) is 6.61 Å². The van der Waals surface area contributed by atoms with Crippen LogP contribution in [0.5, 0.6) is 0 Å². The van der Waals surface area contributed by atoms with Gasteiger partial charge in [-0.3, -0.25) is 0 Å². The van der Waals surface area contributed by atoms with Crippen molar-refractivity contribution in [1.82, 2.24) is 0 Å². The van der Waals surface area contributed by atoms with Crippen LogP contribution in [0, 0.1) is 0 Å². The molecule has 0 amide bonds. The van der Waals surface area contributed by atoms with Crippen molar-refractivity contribution in [3.63, 3.8) is 0 Å². The van der Waals surface area contributed by atoms with Crippen molar-refractivity contribution in [2.45, 2.75) is 32.3 Å². The summed E-state index contributed by atoms with van der Waals surface area (Å²) in [6.07, 6.45) is 1.73. The summed E-state index contributed by atoms with van der Waals surface area (Å²) >= 11 is 0. The van der Waals surface area contributed by atoms with Gasteiger partial charge in [-0.25, -0.2) is 4.79 Å². The number of carbonyl (C=O) groups excluding carboxylic acids is 1. The topological polar surface area (TPSA) is 26.3 Å². The van der Waals surface area contributed by atoms with E-state index < -0.39 is 7.26 Å². The highest BCUT2D eigenvalue weighted by atomic mass is 31.2. The average molecular weight is 391 g/mol. The van der Waals surface area contributed by atoms with Gasteiger partial charge in [0.25, 0.3) is 0 Å². The van der Waals surface area contributed by atoms with Crippen molar-refractivity contribution in [3.8, 4) is 0 Å². The second-order valence-corrected chi connectivity index (χ2v) is 10.4. The van der Waals surface area contributed by atoms with E-state index in [1.807, 2.05) is 25.1 Å². The van der Waals surface area contributed by atoms with Gasteiger partial charge in [0.2, 0.25) is 0 Å². The summed E-state index contributed by atoms with van der Waals surface area (Å²) < 4.78 is 5.62. The van der Waals surface area contributed by atoms with Gasteiger partial charge in [-0.2, -0.15) is 0 Å². The molecule has 0 saturated carbocycles. The molecule has 1 atom stereocenters. The molecular formula is C25H28O2P+.